The Hall–Kier alpha value is -3.35. The molecule has 0 saturated heterocycles. The number of carbonyl (C=O) groups excluding carboxylic acids is 1. The van der Waals surface area contributed by atoms with Crippen LogP contribution in [0.2, 0.25) is 0 Å². The fourth-order valence-electron chi connectivity index (χ4n) is 4.29. The summed E-state index contributed by atoms with van der Waals surface area (Å²) in [6.07, 6.45) is 4.75. The molecule has 7 nitrogen and oxygen atoms in total. The van der Waals surface area contributed by atoms with Gasteiger partial charge in [-0.2, -0.15) is 0 Å². The second kappa shape index (κ2) is 8.79. The highest BCUT2D eigenvalue weighted by molar-refractivity contribution is 5.79. The molecule has 0 spiro atoms. The van der Waals surface area contributed by atoms with Crippen LogP contribution in [-0.4, -0.2) is 33.5 Å². The molecule has 0 aliphatic carbocycles. The van der Waals surface area contributed by atoms with Crippen molar-refractivity contribution in [1.29, 1.82) is 0 Å². The number of fused-ring (bicyclic) bond motifs is 2. The van der Waals surface area contributed by atoms with Crippen molar-refractivity contribution in [1.82, 2.24) is 20.1 Å². The number of nitrogens with one attached hydrogen (secondary N) is 1. The quantitative estimate of drug-likeness (QED) is 0.666. The molecule has 1 atom stereocenters. The maximum Gasteiger partial charge on any atom is 0.231 e. The standard InChI is InChI=1S/C24H26N4O3/c29-24(15-18-6-9-20-21(14-18)31-16-30-20)25-19-8-11-23-27-26-22(28(23)13-12-19)10-7-17-4-2-1-3-5-17/h1-6,9,14,19H,7-8,10-13,15-16H2,(H,25,29). The van der Waals surface area contributed by atoms with Crippen LogP contribution in [0.25, 0.3) is 0 Å². The molecule has 1 unspecified atom stereocenters. The molecular formula is C24H26N4O3. The lowest BCUT2D eigenvalue weighted by Crippen LogP contribution is -2.36. The van der Waals surface area contributed by atoms with E-state index in [0.29, 0.717) is 12.2 Å². The monoisotopic (exact) mass is 418 g/mol. The van der Waals surface area contributed by atoms with Crippen LogP contribution in [0, 0.1) is 0 Å². The number of hydrogen-bond acceptors (Lipinski definition) is 5. The van der Waals surface area contributed by atoms with E-state index in [0.717, 1.165) is 61.6 Å². The summed E-state index contributed by atoms with van der Waals surface area (Å²) in [5.74, 6) is 3.53. The van der Waals surface area contributed by atoms with Crippen LogP contribution in [0.5, 0.6) is 11.5 Å². The number of amides is 1. The largest absolute Gasteiger partial charge is 0.454 e. The van der Waals surface area contributed by atoms with Crippen LogP contribution >= 0.6 is 0 Å². The number of hydrogen-bond donors (Lipinski definition) is 1. The Morgan fingerprint density at radius 1 is 1.00 bits per heavy atom. The molecule has 0 bridgehead atoms. The van der Waals surface area contributed by atoms with Crippen LogP contribution in [0.4, 0.5) is 0 Å². The number of aryl methyl sites for hydroxylation is 3. The smallest absolute Gasteiger partial charge is 0.231 e. The molecular weight excluding hydrogens is 392 g/mol. The molecule has 3 aromatic rings. The molecule has 1 amide bonds. The zero-order valence-electron chi connectivity index (χ0n) is 17.4. The summed E-state index contributed by atoms with van der Waals surface area (Å²) in [5.41, 5.74) is 2.23. The SMILES string of the molecule is O=C(Cc1ccc2c(c1)OCO2)NC1CCc2nnc(CCc3ccccc3)n2CC1. The van der Waals surface area contributed by atoms with Crippen LogP contribution in [0.15, 0.2) is 48.5 Å². The van der Waals surface area contributed by atoms with E-state index >= 15 is 0 Å². The van der Waals surface area contributed by atoms with Gasteiger partial charge in [-0.05, 0) is 42.5 Å². The van der Waals surface area contributed by atoms with E-state index < -0.39 is 0 Å². The molecule has 2 aliphatic rings. The molecule has 7 heteroatoms. The third-order valence-electron chi connectivity index (χ3n) is 5.97. The van der Waals surface area contributed by atoms with Gasteiger partial charge in [0.15, 0.2) is 11.5 Å². The van der Waals surface area contributed by atoms with Gasteiger partial charge in [0.05, 0.1) is 6.42 Å². The minimum absolute atomic E-state index is 0.0332. The first-order chi connectivity index (χ1) is 15.2. The van der Waals surface area contributed by atoms with Crippen molar-refractivity contribution >= 4 is 5.91 Å². The average Bonchev–Trinajstić information content (AvgIpc) is 3.36. The number of carbonyl (C=O) groups is 1. The first-order valence-electron chi connectivity index (χ1n) is 10.9. The highest BCUT2D eigenvalue weighted by Gasteiger charge is 2.22. The van der Waals surface area contributed by atoms with Crippen molar-refractivity contribution in [3.05, 3.63) is 71.3 Å². The summed E-state index contributed by atoms with van der Waals surface area (Å²) in [5, 5.41) is 12.1. The van der Waals surface area contributed by atoms with Gasteiger partial charge in [-0.15, -0.1) is 10.2 Å². The number of benzene rings is 2. The first kappa shape index (κ1) is 19.6. The second-order valence-corrected chi connectivity index (χ2v) is 8.13. The topological polar surface area (TPSA) is 78.3 Å². The lowest BCUT2D eigenvalue weighted by atomic mass is 10.1. The van der Waals surface area contributed by atoms with E-state index in [1.807, 2.05) is 24.3 Å². The van der Waals surface area contributed by atoms with Gasteiger partial charge < -0.3 is 19.4 Å². The highest BCUT2D eigenvalue weighted by Crippen LogP contribution is 2.32. The van der Waals surface area contributed by atoms with Gasteiger partial charge in [0.25, 0.3) is 0 Å². The van der Waals surface area contributed by atoms with Crippen LogP contribution in [0.1, 0.15) is 35.6 Å². The summed E-state index contributed by atoms with van der Waals surface area (Å²) in [6.45, 7) is 1.07. The van der Waals surface area contributed by atoms with Gasteiger partial charge in [-0.1, -0.05) is 36.4 Å². The Balaban J connectivity index is 1.16. The molecule has 31 heavy (non-hydrogen) atoms. The summed E-state index contributed by atoms with van der Waals surface area (Å²) in [7, 11) is 0. The average molecular weight is 418 g/mol. The van der Waals surface area contributed by atoms with Gasteiger partial charge >= 0.3 is 0 Å². The Morgan fingerprint density at radius 2 is 1.87 bits per heavy atom. The van der Waals surface area contributed by atoms with Gasteiger partial charge in [0.2, 0.25) is 12.7 Å². The molecule has 5 rings (SSSR count). The van der Waals surface area contributed by atoms with Crippen molar-refractivity contribution in [2.24, 2.45) is 0 Å². The third-order valence-corrected chi connectivity index (χ3v) is 5.97. The lowest BCUT2D eigenvalue weighted by Gasteiger charge is -2.16. The summed E-state index contributed by atoms with van der Waals surface area (Å²) >= 11 is 0. The second-order valence-electron chi connectivity index (χ2n) is 8.13. The predicted molar refractivity (Wildman–Crippen MR) is 115 cm³/mol. The minimum Gasteiger partial charge on any atom is -0.454 e. The zero-order valence-corrected chi connectivity index (χ0v) is 17.4. The van der Waals surface area contributed by atoms with E-state index in [2.05, 4.69) is 44.3 Å². The molecule has 0 fully saturated rings. The maximum absolute atomic E-state index is 12.6. The van der Waals surface area contributed by atoms with E-state index in [9.17, 15) is 4.79 Å². The molecule has 3 heterocycles. The Kier molecular flexibility index (Phi) is 5.56. The van der Waals surface area contributed by atoms with Crippen LogP contribution in [-0.2, 0) is 37.0 Å². The van der Waals surface area contributed by atoms with Crippen molar-refractivity contribution in [3.8, 4) is 11.5 Å². The Morgan fingerprint density at radius 3 is 2.77 bits per heavy atom. The van der Waals surface area contributed by atoms with E-state index in [4.69, 9.17) is 9.47 Å². The van der Waals surface area contributed by atoms with Crippen LogP contribution in [0.3, 0.4) is 0 Å². The molecule has 2 aliphatic heterocycles. The highest BCUT2D eigenvalue weighted by atomic mass is 16.7. The number of rotatable bonds is 6. The van der Waals surface area contributed by atoms with Gasteiger partial charge in [0.1, 0.15) is 11.6 Å². The predicted octanol–water partition coefficient (Wildman–Crippen LogP) is 2.86. The number of aromatic nitrogens is 3. The number of nitrogens with zero attached hydrogens (tertiary/aromatic N) is 3. The maximum atomic E-state index is 12.6. The van der Waals surface area contributed by atoms with Crippen LogP contribution < -0.4 is 14.8 Å². The van der Waals surface area contributed by atoms with Gasteiger partial charge in [-0.25, -0.2) is 0 Å². The molecule has 0 radical (unpaired) electrons. The Labute approximate surface area is 181 Å². The fourth-order valence-corrected chi connectivity index (χ4v) is 4.29. The van der Waals surface area contributed by atoms with Crippen molar-refractivity contribution in [2.75, 3.05) is 6.79 Å². The minimum atomic E-state index is 0.0332. The van der Waals surface area contributed by atoms with Crippen molar-refractivity contribution in [3.63, 3.8) is 0 Å². The van der Waals surface area contributed by atoms with E-state index in [1.165, 1.54) is 5.56 Å². The molecule has 0 saturated carbocycles. The zero-order chi connectivity index (χ0) is 21.0. The fraction of sp³-hybridized carbons (Fsp3) is 0.375. The van der Waals surface area contributed by atoms with E-state index in [-0.39, 0.29) is 18.7 Å². The van der Waals surface area contributed by atoms with Gasteiger partial charge in [-0.3, -0.25) is 4.79 Å². The summed E-state index contributed by atoms with van der Waals surface area (Å²) in [4.78, 5) is 12.6. The number of ether oxygens (including phenoxy) is 2. The summed E-state index contributed by atoms with van der Waals surface area (Å²) < 4.78 is 13.0. The lowest BCUT2D eigenvalue weighted by molar-refractivity contribution is -0.121. The normalized spacial score (nSPS) is 17.1. The molecule has 1 aromatic heterocycles. The van der Waals surface area contributed by atoms with E-state index in [1.54, 1.807) is 0 Å². The first-order valence-corrected chi connectivity index (χ1v) is 10.9. The van der Waals surface area contributed by atoms with Gasteiger partial charge in [0, 0.05) is 25.4 Å². The Bertz CT molecular complexity index is 1060. The molecule has 2 aromatic carbocycles. The summed E-state index contributed by atoms with van der Waals surface area (Å²) in [6, 6.07) is 16.3. The van der Waals surface area contributed by atoms with Crippen molar-refractivity contribution in [2.45, 2.75) is 51.1 Å². The third kappa shape index (κ3) is 4.55. The molecule has 160 valence electrons. The van der Waals surface area contributed by atoms with Crippen molar-refractivity contribution < 1.29 is 14.3 Å². The molecule has 1 N–H and O–H groups in total.